The number of benzene rings is 4. The summed E-state index contributed by atoms with van der Waals surface area (Å²) in [6.07, 6.45) is -2.74. The lowest BCUT2D eigenvalue weighted by atomic mass is 9.87. The zero-order valence-corrected chi connectivity index (χ0v) is 33.7. The first kappa shape index (κ1) is 38.9. The van der Waals surface area contributed by atoms with Gasteiger partial charge in [-0.05, 0) is 114 Å². The molecular formula is C42H40F3N8O3S2+. The minimum Gasteiger partial charge on any atom is -0.508 e. The van der Waals surface area contributed by atoms with Gasteiger partial charge in [-0.2, -0.15) is 27.9 Å². The zero-order valence-electron chi connectivity index (χ0n) is 32.1. The number of H-pyrrole nitrogens is 2. The molecule has 1 aliphatic rings. The molecule has 4 aromatic carbocycles. The minimum atomic E-state index is -4.83. The first-order valence-electron chi connectivity index (χ1n) is 18.7. The molecule has 8 rings (SSSR count). The molecule has 298 valence electrons. The second kappa shape index (κ2) is 14.4. The number of aromatic nitrogens is 6. The number of thiocarbonyl (C=S) groups is 1. The maximum Gasteiger partial charge on any atom is 0.449 e. The molecule has 4 heterocycles. The third-order valence-corrected chi connectivity index (χ3v) is 11.5. The molecule has 58 heavy (non-hydrogen) atoms. The number of aromatic amines is 2. The first-order chi connectivity index (χ1) is 27.5. The number of aromatic hydroxyl groups is 3. The van der Waals surface area contributed by atoms with Crippen molar-refractivity contribution in [3.8, 4) is 34.3 Å². The van der Waals surface area contributed by atoms with E-state index in [1.807, 2.05) is 51.1 Å². The van der Waals surface area contributed by atoms with Crippen LogP contribution in [0, 0.1) is 17.6 Å². The molecule has 0 fully saturated rings. The molecule has 16 heteroatoms. The van der Waals surface area contributed by atoms with E-state index in [-0.39, 0.29) is 44.9 Å². The average Bonchev–Trinajstić information content (AvgIpc) is 3.93. The number of phenolic OH excluding ortho intramolecular Hbond substituents is 3. The van der Waals surface area contributed by atoms with Crippen molar-refractivity contribution < 1.29 is 33.1 Å². The van der Waals surface area contributed by atoms with Crippen molar-refractivity contribution in [2.75, 3.05) is 0 Å². The summed E-state index contributed by atoms with van der Waals surface area (Å²) in [5, 5.41) is 41.2. The lowest BCUT2D eigenvalue weighted by molar-refractivity contribution is -0.592. The molecule has 0 spiro atoms. The van der Waals surface area contributed by atoms with Gasteiger partial charge in [0.15, 0.2) is 6.67 Å². The van der Waals surface area contributed by atoms with Crippen LogP contribution < -0.4 is 9.99 Å². The summed E-state index contributed by atoms with van der Waals surface area (Å²) in [7, 11) is 0. The van der Waals surface area contributed by atoms with E-state index < -0.39 is 24.6 Å². The highest BCUT2D eigenvalue weighted by molar-refractivity contribution is 7.80. The highest BCUT2D eigenvalue weighted by atomic mass is 32.1. The summed E-state index contributed by atoms with van der Waals surface area (Å²) in [6, 6.07) is 18.9. The summed E-state index contributed by atoms with van der Waals surface area (Å²) in [4.78, 5) is 7.69. The average molecular weight is 826 g/mol. The third-order valence-electron chi connectivity index (χ3n) is 10.7. The molecule has 0 aliphatic carbocycles. The highest BCUT2D eigenvalue weighted by Gasteiger charge is 2.39. The molecule has 6 N–H and O–H groups in total. The molecule has 0 saturated carbocycles. The van der Waals surface area contributed by atoms with E-state index in [0.717, 1.165) is 26.6 Å². The fraction of sp³-hybridized carbons (Fsp3) is 0.262. The van der Waals surface area contributed by atoms with Crippen molar-refractivity contribution in [1.82, 2.24) is 29.7 Å². The smallest absolute Gasteiger partial charge is 0.449 e. The van der Waals surface area contributed by atoms with Gasteiger partial charge in [0.2, 0.25) is 5.82 Å². The van der Waals surface area contributed by atoms with Gasteiger partial charge in [-0.15, -0.1) is 4.68 Å². The summed E-state index contributed by atoms with van der Waals surface area (Å²) in [5.41, 5.74) is 9.29. The third kappa shape index (κ3) is 6.79. The maximum absolute atomic E-state index is 14.8. The van der Waals surface area contributed by atoms with Gasteiger partial charge in [0.25, 0.3) is 5.82 Å². The molecule has 0 bridgehead atoms. The van der Waals surface area contributed by atoms with Crippen LogP contribution in [0.15, 0.2) is 78.0 Å². The van der Waals surface area contributed by atoms with Crippen molar-refractivity contribution in [2.24, 2.45) is 11.0 Å². The number of phenols is 3. The summed E-state index contributed by atoms with van der Waals surface area (Å²) in [5.74, 6) is -1.47. The van der Waals surface area contributed by atoms with Crippen LogP contribution in [0.2, 0.25) is 0 Å². The lowest BCUT2D eigenvalue weighted by Crippen LogP contribution is -2.33. The van der Waals surface area contributed by atoms with Crippen molar-refractivity contribution in [1.29, 1.82) is 0 Å². The predicted octanol–water partition coefficient (Wildman–Crippen LogP) is 9.01. The van der Waals surface area contributed by atoms with Gasteiger partial charge in [0, 0.05) is 28.7 Å². The second-order valence-electron chi connectivity index (χ2n) is 15.3. The van der Waals surface area contributed by atoms with Crippen LogP contribution in [0.1, 0.15) is 73.2 Å². The number of alkyl halides is 3. The molecular weight excluding hydrogens is 786 g/mol. The first-order valence-corrected chi connectivity index (χ1v) is 19.5. The van der Waals surface area contributed by atoms with Crippen molar-refractivity contribution >= 4 is 57.1 Å². The Bertz CT molecular complexity index is 2880. The molecule has 1 atom stereocenters. The molecule has 7 aromatic rings. The Morgan fingerprint density at radius 1 is 0.862 bits per heavy atom. The fourth-order valence-corrected chi connectivity index (χ4v) is 8.33. The molecule has 1 aliphatic heterocycles. The predicted molar refractivity (Wildman–Crippen MR) is 222 cm³/mol. The normalized spacial score (nSPS) is 14.7. The van der Waals surface area contributed by atoms with Crippen LogP contribution in [0.3, 0.4) is 0 Å². The summed E-state index contributed by atoms with van der Waals surface area (Å²) < 4.78 is 48.8. The summed E-state index contributed by atoms with van der Waals surface area (Å²) in [6.45, 7) is 9.45. The van der Waals surface area contributed by atoms with E-state index >= 15 is 0 Å². The molecule has 1 unspecified atom stereocenters. The number of imidazole rings is 1. The van der Waals surface area contributed by atoms with E-state index in [2.05, 4.69) is 39.4 Å². The standard InChI is InChI=1S/C42H39F3N8O3S2/c1-20(2)26-16-28(34(54)12-22(26)5)37-30(39(57)49-48-37)13-23-6-9-33-32(14-23)47-40(42(43,44)45)51(33)19-52-41(58)53(25-7-8-31-24(15-25)10-11-46-31)38(50-52)29-17-27(21(3)4)35(55)18-36(29)56/h6-12,14-18,20-21,30,46H,13,19H2,1-5H3,(H4,48,49,50,54,55,56,57)/p+1. The van der Waals surface area contributed by atoms with Crippen LogP contribution in [0.25, 0.3) is 39.0 Å². The van der Waals surface area contributed by atoms with Crippen LogP contribution in [-0.2, 0) is 19.3 Å². The van der Waals surface area contributed by atoms with Crippen LogP contribution in [0.5, 0.6) is 17.2 Å². The zero-order chi connectivity index (χ0) is 41.4. The Balaban J connectivity index is 1.21. The Hall–Kier alpha value is -6.00. The maximum atomic E-state index is 14.8. The van der Waals surface area contributed by atoms with E-state index in [0.29, 0.717) is 50.9 Å². The van der Waals surface area contributed by atoms with Gasteiger partial charge in [-0.1, -0.05) is 46.0 Å². The number of hydrogen-bond acceptors (Lipinski definition) is 7. The number of rotatable bonds is 9. The Morgan fingerprint density at radius 3 is 2.31 bits per heavy atom. The van der Waals surface area contributed by atoms with Crippen molar-refractivity contribution in [3.05, 3.63) is 111 Å². The number of aryl methyl sites for hydroxylation is 1. The monoisotopic (exact) mass is 825 g/mol. The number of fused-ring (bicyclic) bond motifs is 2. The van der Waals surface area contributed by atoms with E-state index in [1.165, 1.54) is 10.7 Å². The van der Waals surface area contributed by atoms with Gasteiger partial charge in [0.05, 0.1) is 28.2 Å². The van der Waals surface area contributed by atoms with E-state index in [9.17, 15) is 28.5 Å². The molecule has 11 nitrogen and oxygen atoms in total. The number of nitrogens with zero attached hydrogens (tertiary/aromatic N) is 5. The number of hydrazone groups is 1. The number of hydrogen-bond donors (Lipinski definition) is 6. The Labute approximate surface area is 341 Å². The molecule has 0 amide bonds. The van der Waals surface area contributed by atoms with Crippen molar-refractivity contribution in [2.45, 2.75) is 65.7 Å². The van der Waals surface area contributed by atoms with E-state index in [1.54, 1.807) is 41.1 Å². The fourth-order valence-electron chi connectivity index (χ4n) is 7.79. The molecule has 0 saturated heterocycles. The molecule has 3 aromatic heterocycles. The SMILES string of the molecule is Cc1cc(O)c(C2=NNC(=S)C2Cc2ccc3c(c2)nc(C(F)(F)F)n3Cn2[nH]c(-c3cc(C(C)C)c(O)cc3O)[n+](-c3ccc4[nH]ccc4c3)c2=S)cc1C(C)C. The van der Waals surface area contributed by atoms with Crippen LogP contribution in [-0.4, -0.2) is 50.3 Å². The van der Waals surface area contributed by atoms with Crippen LogP contribution in [0.4, 0.5) is 13.2 Å². The van der Waals surface area contributed by atoms with Gasteiger partial charge in [0.1, 0.15) is 27.9 Å². The highest BCUT2D eigenvalue weighted by Crippen LogP contribution is 2.38. The Kier molecular flexibility index (Phi) is 9.67. The van der Waals surface area contributed by atoms with Crippen molar-refractivity contribution in [3.63, 3.8) is 0 Å². The molecule has 0 radical (unpaired) electrons. The summed E-state index contributed by atoms with van der Waals surface area (Å²) >= 11 is 11.6. The number of halogens is 3. The minimum absolute atomic E-state index is 0.0691. The largest absolute Gasteiger partial charge is 0.508 e. The van der Waals surface area contributed by atoms with Gasteiger partial charge in [-0.25, -0.2) is 4.98 Å². The van der Waals surface area contributed by atoms with E-state index in [4.69, 9.17) is 24.4 Å². The second-order valence-corrected chi connectivity index (χ2v) is 16.1. The van der Waals surface area contributed by atoms with Gasteiger partial charge in [-0.3, -0.25) is 9.99 Å². The van der Waals surface area contributed by atoms with Crippen LogP contribution >= 0.6 is 24.4 Å². The van der Waals surface area contributed by atoms with Gasteiger partial charge < -0.3 is 20.3 Å². The quantitative estimate of drug-likeness (QED) is 0.0630. The topological polar surface area (TPSA) is 143 Å². The lowest BCUT2D eigenvalue weighted by Gasteiger charge is -2.17. The van der Waals surface area contributed by atoms with Gasteiger partial charge >= 0.3 is 10.9 Å². The Morgan fingerprint density at radius 2 is 1.59 bits per heavy atom. The number of nitrogens with one attached hydrogen (secondary N) is 3.